The van der Waals surface area contributed by atoms with E-state index in [1.165, 1.54) is 0 Å². The summed E-state index contributed by atoms with van der Waals surface area (Å²) in [5.41, 5.74) is 0.397. The maximum absolute atomic E-state index is 12.4. The van der Waals surface area contributed by atoms with E-state index >= 15 is 0 Å². The Hall–Kier alpha value is -1.23. The summed E-state index contributed by atoms with van der Waals surface area (Å²) in [6.07, 6.45) is -4.70. The molecule has 0 spiro atoms. The number of para-hydroxylation sites is 1. The SMILES string of the molecule is OCCC(Nc1ccccc1)C(F)(F)F. The standard InChI is InChI=1S/C10H12F3NO/c11-10(12,13)9(6-7-15)14-8-4-2-1-3-5-8/h1-5,9,14-15H,6-7H2. The maximum atomic E-state index is 12.4. The third-order valence-corrected chi connectivity index (χ3v) is 1.93. The molecule has 0 aliphatic rings. The van der Waals surface area contributed by atoms with Crippen LogP contribution in [-0.4, -0.2) is 23.9 Å². The smallest absolute Gasteiger partial charge is 0.396 e. The van der Waals surface area contributed by atoms with Crippen LogP contribution in [0.5, 0.6) is 0 Å². The van der Waals surface area contributed by atoms with Crippen LogP contribution in [0.4, 0.5) is 18.9 Å². The number of benzene rings is 1. The van der Waals surface area contributed by atoms with Gasteiger partial charge in [0, 0.05) is 12.3 Å². The van der Waals surface area contributed by atoms with Crippen molar-refractivity contribution in [1.29, 1.82) is 0 Å². The van der Waals surface area contributed by atoms with Crippen molar-refractivity contribution in [2.75, 3.05) is 11.9 Å². The Morgan fingerprint density at radius 2 is 1.80 bits per heavy atom. The second-order valence-electron chi connectivity index (χ2n) is 3.12. The predicted molar refractivity (Wildman–Crippen MR) is 51.6 cm³/mol. The Bertz CT molecular complexity index is 286. The summed E-state index contributed by atoms with van der Waals surface area (Å²) >= 11 is 0. The molecule has 15 heavy (non-hydrogen) atoms. The lowest BCUT2D eigenvalue weighted by atomic mass is 10.2. The minimum atomic E-state index is -4.35. The quantitative estimate of drug-likeness (QED) is 0.815. The Labute approximate surface area is 85.7 Å². The molecule has 2 nitrogen and oxygen atoms in total. The summed E-state index contributed by atoms with van der Waals surface area (Å²) in [5, 5.41) is 10.9. The molecule has 0 amide bonds. The number of hydrogen-bond donors (Lipinski definition) is 2. The molecule has 0 saturated carbocycles. The summed E-state index contributed by atoms with van der Waals surface area (Å²) < 4.78 is 37.3. The van der Waals surface area contributed by atoms with E-state index in [9.17, 15) is 13.2 Å². The Morgan fingerprint density at radius 1 is 1.20 bits per heavy atom. The van der Waals surface area contributed by atoms with Crippen LogP contribution < -0.4 is 5.32 Å². The van der Waals surface area contributed by atoms with Crippen LogP contribution in [0.1, 0.15) is 6.42 Å². The first kappa shape index (κ1) is 11.8. The molecule has 0 aromatic heterocycles. The van der Waals surface area contributed by atoms with E-state index in [4.69, 9.17) is 5.11 Å². The lowest BCUT2D eigenvalue weighted by Gasteiger charge is -2.21. The van der Waals surface area contributed by atoms with Crippen LogP contribution in [0, 0.1) is 0 Å². The highest BCUT2D eigenvalue weighted by Crippen LogP contribution is 2.25. The lowest BCUT2D eigenvalue weighted by molar-refractivity contribution is -0.145. The molecule has 0 aliphatic heterocycles. The van der Waals surface area contributed by atoms with Crippen molar-refractivity contribution in [3.63, 3.8) is 0 Å². The van der Waals surface area contributed by atoms with Crippen molar-refractivity contribution in [3.05, 3.63) is 30.3 Å². The van der Waals surface area contributed by atoms with Gasteiger partial charge in [-0.15, -0.1) is 0 Å². The van der Waals surface area contributed by atoms with Crippen LogP contribution in [0.15, 0.2) is 30.3 Å². The fraction of sp³-hybridized carbons (Fsp3) is 0.400. The highest BCUT2D eigenvalue weighted by Gasteiger charge is 2.38. The van der Waals surface area contributed by atoms with Crippen LogP contribution in [0.2, 0.25) is 0 Å². The normalized spacial score (nSPS) is 13.6. The van der Waals surface area contributed by atoms with Crippen molar-refractivity contribution in [3.8, 4) is 0 Å². The fourth-order valence-electron chi connectivity index (χ4n) is 1.18. The van der Waals surface area contributed by atoms with Crippen molar-refractivity contribution >= 4 is 5.69 Å². The molecule has 0 radical (unpaired) electrons. The highest BCUT2D eigenvalue weighted by atomic mass is 19.4. The van der Waals surface area contributed by atoms with Crippen LogP contribution in [-0.2, 0) is 0 Å². The van der Waals surface area contributed by atoms with Crippen molar-refractivity contribution < 1.29 is 18.3 Å². The van der Waals surface area contributed by atoms with Gasteiger partial charge in [-0.3, -0.25) is 0 Å². The number of aliphatic hydroxyl groups excluding tert-OH is 1. The molecule has 0 bridgehead atoms. The van der Waals surface area contributed by atoms with Crippen LogP contribution in [0.3, 0.4) is 0 Å². The van der Waals surface area contributed by atoms with Gasteiger partial charge in [-0.05, 0) is 18.6 Å². The monoisotopic (exact) mass is 219 g/mol. The molecule has 0 saturated heterocycles. The first-order valence-corrected chi connectivity index (χ1v) is 4.53. The van der Waals surface area contributed by atoms with E-state index in [0.29, 0.717) is 5.69 Å². The maximum Gasteiger partial charge on any atom is 0.408 e. The first-order valence-electron chi connectivity index (χ1n) is 4.53. The third-order valence-electron chi connectivity index (χ3n) is 1.93. The van der Waals surface area contributed by atoms with Gasteiger partial charge in [0.25, 0.3) is 0 Å². The molecular formula is C10H12F3NO. The second-order valence-corrected chi connectivity index (χ2v) is 3.12. The average Bonchev–Trinajstić information content (AvgIpc) is 2.17. The van der Waals surface area contributed by atoms with Gasteiger partial charge < -0.3 is 10.4 Å². The molecule has 2 N–H and O–H groups in total. The van der Waals surface area contributed by atoms with Gasteiger partial charge in [-0.1, -0.05) is 18.2 Å². The van der Waals surface area contributed by atoms with Gasteiger partial charge in [0.05, 0.1) is 0 Å². The average molecular weight is 219 g/mol. The minimum Gasteiger partial charge on any atom is -0.396 e. The van der Waals surface area contributed by atoms with Gasteiger partial charge in [0.1, 0.15) is 6.04 Å². The topological polar surface area (TPSA) is 32.3 Å². The van der Waals surface area contributed by atoms with E-state index in [2.05, 4.69) is 5.32 Å². The molecule has 1 rings (SSSR count). The molecule has 84 valence electrons. The molecule has 1 aromatic rings. The number of nitrogens with one attached hydrogen (secondary N) is 1. The van der Waals surface area contributed by atoms with Gasteiger partial charge in [0.15, 0.2) is 0 Å². The van der Waals surface area contributed by atoms with Crippen molar-refractivity contribution in [2.24, 2.45) is 0 Å². The van der Waals surface area contributed by atoms with Crippen LogP contribution in [0.25, 0.3) is 0 Å². The predicted octanol–water partition coefficient (Wildman–Crippen LogP) is 2.41. The summed E-state index contributed by atoms with van der Waals surface area (Å²) in [6, 6.07) is 6.42. The molecule has 1 atom stereocenters. The zero-order valence-electron chi connectivity index (χ0n) is 7.96. The van der Waals surface area contributed by atoms with Gasteiger partial charge in [-0.25, -0.2) is 0 Å². The molecule has 0 heterocycles. The third kappa shape index (κ3) is 3.79. The number of anilines is 1. The zero-order chi connectivity index (χ0) is 11.3. The Balaban J connectivity index is 2.67. The van der Waals surface area contributed by atoms with Crippen molar-refractivity contribution in [1.82, 2.24) is 0 Å². The molecular weight excluding hydrogens is 207 g/mol. The van der Waals surface area contributed by atoms with Crippen LogP contribution >= 0.6 is 0 Å². The lowest BCUT2D eigenvalue weighted by Crippen LogP contribution is -2.36. The van der Waals surface area contributed by atoms with Gasteiger partial charge in [-0.2, -0.15) is 13.2 Å². The number of alkyl halides is 3. The number of aliphatic hydroxyl groups is 1. The number of rotatable bonds is 4. The Kier molecular flexibility index (Phi) is 3.96. The molecule has 1 aromatic carbocycles. The minimum absolute atomic E-state index is 0.349. The van der Waals surface area contributed by atoms with E-state index in [1.807, 2.05) is 0 Å². The summed E-state index contributed by atoms with van der Waals surface area (Å²) in [7, 11) is 0. The highest BCUT2D eigenvalue weighted by molar-refractivity contribution is 5.43. The van der Waals surface area contributed by atoms with E-state index < -0.39 is 18.8 Å². The van der Waals surface area contributed by atoms with E-state index in [0.717, 1.165) is 0 Å². The number of halogens is 3. The van der Waals surface area contributed by atoms with Crippen molar-refractivity contribution in [2.45, 2.75) is 18.6 Å². The second kappa shape index (κ2) is 5.02. The Morgan fingerprint density at radius 3 is 2.27 bits per heavy atom. The molecule has 0 aliphatic carbocycles. The van der Waals surface area contributed by atoms with E-state index in [-0.39, 0.29) is 6.42 Å². The van der Waals surface area contributed by atoms with E-state index in [1.54, 1.807) is 30.3 Å². The van der Waals surface area contributed by atoms with Gasteiger partial charge in [0.2, 0.25) is 0 Å². The molecule has 1 unspecified atom stereocenters. The first-order chi connectivity index (χ1) is 7.04. The number of hydrogen-bond acceptors (Lipinski definition) is 2. The molecule has 0 fully saturated rings. The summed E-state index contributed by atoms with van der Waals surface area (Å²) in [4.78, 5) is 0. The summed E-state index contributed by atoms with van der Waals surface area (Å²) in [5.74, 6) is 0. The fourth-order valence-corrected chi connectivity index (χ4v) is 1.18. The summed E-state index contributed by atoms with van der Waals surface area (Å²) in [6.45, 7) is -0.496. The van der Waals surface area contributed by atoms with Gasteiger partial charge >= 0.3 is 6.18 Å². The molecule has 5 heteroatoms. The largest absolute Gasteiger partial charge is 0.408 e. The zero-order valence-corrected chi connectivity index (χ0v) is 7.96.